The number of allylic oxidation sites excluding steroid dienone is 3. The van der Waals surface area contributed by atoms with E-state index in [1.165, 1.54) is 38.2 Å². The summed E-state index contributed by atoms with van der Waals surface area (Å²) in [6.45, 7) is 21.6. The van der Waals surface area contributed by atoms with Crippen molar-refractivity contribution < 1.29 is 4.74 Å². The maximum atomic E-state index is 5.34. The van der Waals surface area contributed by atoms with Crippen LogP contribution in [-0.2, 0) is 4.74 Å². The highest BCUT2D eigenvalue weighted by Gasteiger charge is 2.42. The zero-order valence-corrected chi connectivity index (χ0v) is 19.6. The number of nitrogens with zero attached hydrogens (tertiary/aromatic N) is 2. The molecule has 3 saturated heterocycles. The third kappa shape index (κ3) is 6.09. The fourth-order valence-corrected chi connectivity index (χ4v) is 4.55. The lowest BCUT2D eigenvalue weighted by Crippen LogP contribution is -2.46. The highest BCUT2D eigenvalue weighted by Crippen LogP contribution is 2.35. The lowest BCUT2D eigenvalue weighted by atomic mass is 9.82. The normalized spacial score (nSPS) is 27.4. The number of ether oxygens (including phenoxy) is 1. The van der Waals surface area contributed by atoms with Crippen molar-refractivity contribution in [2.24, 2.45) is 5.41 Å². The Morgan fingerprint density at radius 1 is 1.20 bits per heavy atom. The van der Waals surface area contributed by atoms with Crippen molar-refractivity contribution in [2.45, 2.75) is 59.0 Å². The first-order valence-corrected chi connectivity index (χ1v) is 11.7. The minimum Gasteiger partial charge on any atom is -0.381 e. The Bertz CT molecular complexity index is 675. The van der Waals surface area contributed by atoms with Crippen molar-refractivity contribution in [3.63, 3.8) is 0 Å². The Kier molecular flexibility index (Phi) is 9.87. The predicted molar refractivity (Wildman–Crippen MR) is 131 cm³/mol. The number of hydrogen-bond donors (Lipinski definition) is 0. The Balaban J connectivity index is 0.000000205. The Labute approximate surface area is 185 Å². The third-order valence-electron chi connectivity index (χ3n) is 6.38. The summed E-state index contributed by atoms with van der Waals surface area (Å²) in [5.41, 5.74) is 2.70. The molecule has 3 nitrogen and oxygen atoms in total. The summed E-state index contributed by atoms with van der Waals surface area (Å²) in [4.78, 5) is 5.26. The van der Waals surface area contributed by atoms with Crippen LogP contribution in [0.15, 0.2) is 67.3 Å². The van der Waals surface area contributed by atoms with Crippen molar-refractivity contribution in [3.05, 3.63) is 67.3 Å². The summed E-state index contributed by atoms with van der Waals surface area (Å²) < 4.78 is 5.34. The average molecular weight is 411 g/mol. The SMILES string of the molecule is C=C/C=C\C(=C)C1(C)CCOC1.CC.CCCN1CC2CC1CN2c1ccccc1. The van der Waals surface area contributed by atoms with Crippen LogP contribution in [0.4, 0.5) is 5.69 Å². The number of piperazine rings is 1. The molecule has 2 bridgehead atoms. The fourth-order valence-electron chi connectivity index (χ4n) is 4.55. The van der Waals surface area contributed by atoms with Crippen LogP contribution >= 0.6 is 0 Å². The molecule has 3 unspecified atom stereocenters. The fraction of sp³-hybridized carbons (Fsp3) is 0.556. The van der Waals surface area contributed by atoms with E-state index in [0.717, 1.165) is 37.3 Å². The van der Waals surface area contributed by atoms with Gasteiger partial charge >= 0.3 is 0 Å². The van der Waals surface area contributed by atoms with Gasteiger partial charge < -0.3 is 9.64 Å². The second-order valence-electron chi connectivity index (χ2n) is 8.51. The molecular weight excluding hydrogens is 368 g/mol. The van der Waals surface area contributed by atoms with Crippen LogP contribution in [0.1, 0.15) is 47.0 Å². The quantitative estimate of drug-likeness (QED) is 0.527. The molecule has 3 aliphatic heterocycles. The molecule has 3 aliphatic rings. The zero-order valence-electron chi connectivity index (χ0n) is 19.6. The standard InChI is InChI=1S/C14H20N2.C11H16O.C2H6/c1-2-8-15-10-14-9-13(15)11-16(14)12-6-4-3-5-7-12;1-4-5-6-10(2)11(3)7-8-12-9-11;1-2/h3-7,13-14H,2,8-11H2,1H3;4-6H,1-2,7-9H2,3H3;1-2H3/b;6-5-;. The molecule has 4 rings (SSSR count). The van der Waals surface area contributed by atoms with Gasteiger partial charge in [-0.1, -0.05) is 77.3 Å². The van der Waals surface area contributed by atoms with Crippen LogP contribution in [0, 0.1) is 5.41 Å². The molecule has 0 N–H and O–H groups in total. The lowest BCUT2D eigenvalue weighted by molar-refractivity contribution is 0.173. The highest BCUT2D eigenvalue weighted by atomic mass is 16.5. The highest BCUT2D eigenvalue weighted by molar-refractivity contribution is 5.49. The molecule has 1 aromatic rings. The number of benzene rings is 1. The van der Waals surface area contributed by atoms with Crippen molar-refractivity contribution >= 4 is 5.69 Å². The minimum atomic E-state index is 0.152. The van der Waals surface area contributed by atoms with Crippen molar-refractivity contribution in [1.29, 1.82) is 0 Å². The van der Waals surface area contributed by atoms with E-state index in [4.69, 9.17) is 4.74 Å². The molecule has 166 valence electrons. The maximum absolute atomic E-state index is 5.34. The number of anilines is 1. The van der Waals surface area contributed by atoms with Crippen LogP contribution in [0.25, 0.3) is 0 Å². The van der Waals surface area contributed by atoms with Crippen molar-refractivity contribution in [3.8, 4) is 0 Å². The maximum Gasteiger partial charge on any atom is 0.0560 e. The van der Waals surface area contributed by atoms with Gasteiger partial charge in [0.1, 0.15) is 0 Å². The van der Waals surface area contributed by atoms with Crippen LogP contribution in [-0.4, -0.2) is 49.8 Å². The van der Waals surface area contributed by atoms with E-state index in [-0.39, 0.29) is 5.41 Å². The number of hydrogen-bond acceptors (Lipinski definition) is 3. The molecule has 1 aromatic carbocycles. The van der Waals surface area contributed by atoms with E-state index < -0.39 is 0 Å². The Morgan fingerprint density at radius 3 is 2.47 bits per heavy atom. The van der Waals surface area contributed by atoms with Gasteiger partial charge in [0.05, 0.1) is 6.61 Å². The van der Waals surface area contributed by atoms with Gasteiger partial charge in [-0.25, -0.2) is 0 Å². The molecule has 3 heterocycles. The monoisotopic (exact) mass is 410 g/mol. The van der Waals surface area contributed by atoms with Crippen LogP contribution in [0.3, 0.4) is 0 Å². The number of para-hydroxylation sites is 1. The van der Waals surface area contributed by atoms with Gasteiger partial charge in [-0.15, -0.1) is 0 Å². The lowest BCUT2D eigenvalue weighted by Gasteiger charge is -2.35. The van der Waals surface area contributed by atoms with E-state index in [1.807, 2.05) is 26.0 Å². The topological polar surface area (TPSA) is 15.7 Å². The van der Waals surface area contributed by atoms with Gasteiger partial charge in [0.15, 0.2) is 0 Å². The summed E-state index contributed by atoms with van der Waals surface area (Å²) in [6.07, 6.45) is 9.44. The number of likely N-dealkylation sites (tertiary alicyclic amines) is 1. The summed E-state index contributed by atoms with van der Waals surface area (Å²) in [6, 6.07) is 12.4. The molecule has 0 saturated carbocycles. The summed E-state index contributed by atoms with van der Waals surface area (Å²) in [5.74, 6) is 0. The Morgan fingerprint density at radius 2 is 1.93 bits per heavy atom. The molecule has 0 aliphatic carbocycles. The van der Waals surface area contributed by atoms with Crippen LogP contribution in [0.2, 0.25) is 0 Å². The summed E-state index contributed by atoms with van der Waals surface area (Å²) in [7, 11) is 0. The average Bonchev–Trinajstić information content (AvgIpc) is 3.51. The van der Waals surface area contributed by atoms with Crippen molar-refractivity contribution in [1.82, 2.24) is 4.90 Å². The van der Waals surface area contributed by atoms with Gasteiger partial charge in [-0.3, -0.25) is 4.90 Å². The molecule has 0 aromatic heterocycles. The molecule has 30 heavy (non-hydrogen) atoms. The second kappa shape index (κ2) is 12.1. The van der Waals surface area contributed by atoms with E-state index >= 15 is 0 Å². The second-order valence-corrected chi connectivity index (χ2v) is 8.51. The smallest absolute Gasteiger partial charge is 0.0560 e. The first-order chi connectivity index (χ1) is 14.6. The molecule has 0 amide bonds. The Hall–Kier alpha value is -1.84. The van der Waals surface area contributed by atoms with E-state index in [9.17, 15) is 0 Å². The zero-order chi connectivity index (χ0) is 22.0. The molecular formula is C27H42N2O. The van der Waals surface area contributed by atoms with E-state index in [1.54, 1.807) is 6.08 Å². The first kappa shape index (κ1) is 24.4. The largest absolute Gasteiger partial charge is 0.381 e. The van der Waals surface area contributed by atoms with Gasteiger partial charge in [-0.05, 0) is 43.5 Å². The minimum absolute atomic E-state index is 0.152. The molecule has 0 spiro atoms. The van der Waals surface area contributed by atoms with Gasteiger partial charge in [-0.2, -0.15) is 0 Å². The molecule has 0 radical (unpaired) electrons. The number of rotatable bonds is 6. The van der Waals surface area contributed by atoms with Gasteiger partial charge in [0, 0.05) is 42.9 Å². The van der Waals surface area contributed by atoms with Gasteiger partial charge in [0.2, 0.25) is 0 Å². The van der Waals surface area contributed by atoms with E-state index in [0.29, 0.717) is 0 Å². The summed E-state index contributed by atoms with van der Waals surface area (Å²) in [5, 5.41) is 0. The van der Waals surface area contributed by atoms with Gasteiger partial charge in [0.25, 0.3) is 0 Å². The van der Waals surface area contributed by atoms with Crippen LogP contribution in [0.5, 0.6) is 0 Å². The molecule has 3 fully saturated rings. The van der Waals surface area contributed by atoms with Crippen molar-refractivity contribution in [2.75, 3.05) is 37.7 Å². The first-order valence-electron chi connectivity index (χ1n) is 11.7. The third-order valence-corrected chi connectivity index (χ3v) is 6.38. The number of fused-ring (bicyclic) bond motifs is 2. The predicted octanol–water partition coefficient (Wildman–Crippen LogP) is 6.10. The molecule has 3 atom stereocenters. The van der Waals surface area contributed by atoms with E-state index in [2.05, 4.69) is 67.1 Å². The molecule has 3 heteroatoms. The van der Waals surface area contributed by atoms with Crippen LogP contribution < -0.4 is 4.90 Å². The summed E-state index contributed by atoms with van der Waals surface area (Å²) >= 11 is 0.